The number of nitrogens with zero attached hydrogens (tertiary/aromatic N) is 1. The molecule has 0 spiro atoms. The van der Waals surface area contributed by atoms with Crippen molar-refractivity contribution in [1.82, 2.24) is 4.90 Å². The highest BCUT2D eigenvalue weighted by Gasteiger charge is 2.58. The van der Waals surface area contributed by atoms with Gasteiger partial charge < -0.3 is 14.2 Å². The van der Waals surface area contributed by atoms with Gasteiger partial charge in [0.15, 0.2) is 6.61 Å². The fourth-order valence-electron chi connectivity index (χ4n) is 6.21. The minimum atomic E-state index is -0.537. The van der Waals surface area contributed by atoms with Gasteiger partial charge in [-0.25, -0.2) is 9.59 Å². The van der Waals surface area contributed by atoms with Gasteiger partial charge in [0.1, 0.15) is 11.4 Å². The average molecular weight is 676 g/mol. The summed E-state index contributed by atoms with van der Waals surface area (Å²) in [6.07, 6.45) is 7.34. The van der Waals surface area contributed by atoms with E-state index in [0.717, 1.165) is 19.3 Å². The molecule has 3 aliphatic rings. The molecule has 1 saturated carbocycles. The van der Waals surface area contributed by atoms with E-state index in [2.05, 4.69) is 64.1 Å². The first-order valence-corrected chi connectivity index (χ1v) is 17.8. The van der Waals surface area contributed by atoms with E-state index >= 15 is 0 Å². The average Bonchev–Trinajstić information content (AvgIpc) is 3.73. The zero-order valence-corrected chi connectivity index (χ0v) is 30.9. The zero-order chi connectivity index (χ0) is 36.3. The molecule has 1 heterocycles. The molecule has 2 bridgehead atoms. The molecule has 1 saturated heterocycles. The van der Waals surface area contributed by atoms with E-state index in [4.69, 9.17) is 14.2 Å². The number of fused-ring (bicyclic) bond motifs is 5. The van der Waals surface area contributed by atoms with E-state index in [1.165, 1.54) is 5.56 Å². The number of hydrogen-bond donors (Lipinski definition) is 0. The van der Waals surface area contributed by atoms with Gasteiger partial charge in [0.05, 0.1) is 24.0 Å². The zero-order valence-electron chi connectivity index (χ0n) is 30.9. The third-order valence-electron chi connectivity index (χ3n) is 8.61. The summed E-state index contributed by atoms with van der Waals surface area (Å²) in [4.78, 5) is 49.5. The van der Waals surface area contributed by atoms with Crippen LogP contribution in [0.15, 0.2) is 66.7 Å². The van der Waals surface area contributed by atoms with Crippen LogP contribution in [0.3, 0.4) is 0 Å². The van der Waals surface area contributed by atoms with Crippen molar-refractivity contribution in [2.75, 3.05) is 19.8 Å². The van der Waals surface area contributed by atoms with Crippen molar-refractivity contribution in [1.29, 1.82) is 0 Å². The first kappa shape index (κ1) is 39.5. The van der Waals surface area contributed by atoms with Crippen LogP contribution in [0.2, 0.25) is 0 Å². The molecule has 2 aromatic carbocycles. The molecule has 8 nitrogen and oxygen atoms in total. The Hall–Kier alpha value is -3.94. The number of benzene rings is 2. The summed E-state index contributed by atoms with van der Waals surface area (Å²) in [5.41, 5.74) is 1.33. The molecule has 0 radical (unpaired) electrons. The van der Waals surface area contributed by atoms with Gasteiger partial charge in [-0.2, -0.15) is 0 Å². The molecule has 2 aliphatic carbocycles. The lowest BCUT2D eigenvalue weighted by Gasteiger charge is -2.19. The van der Waals surface area contributed by atoms with Gasteiger partial charge in [0, 0.05) is 6.54 Å². The van der Waals surface area contributed by atoms with Crippen molar-refractivity contribution in [3.8, 4) is 5.75 Å². The second-order valence-corrected chi connectivity index (χ2v) is 15.3. The Morgan fingerprint density at radius 2 is 1.39 bits per heavy atom. The molecular weight excluding hydrogens is 618 g/mol. The minimum Gasteiger partial charge on any atom is -0.482 e. The molecule has 0 N–H and O–H groups in total. The third kappa shape index (κ3) is 12.2. The highest BCUT2D eigenvalue weighted by molar-refractivity contribution is 6.06. The molecule has 0 aromatic heterocycles. The van der Waals surface area contributed by atoms with Gasteiger partial charge in [-0.1, -0.05) is 84.0 Å². The van der Waals surface area contributed by atoms with E-state index in [0.29, 0.717) is 54.1 Å². The van der Waals surface area contributed by atoms with Crippen LogP contribution < -0.4 is 4.74 Å². The SMILES string of the molecule is CC(C)CCCN1C(=O)C2C3C=CC(C3)C2C1=O.CC(C)COC(=O)c1ccc(OCC(=O)OC(C)(C)C)cc1.CC(C)c1ccccc1. The molecule has 4 atom stereocenters. The van der Waals surface area contributed by atoms with Crippen molar-refractivity contribution in [3.05, 3.63) is 77.9 Å². The van der Waals surface area contributed by atoms with Gasteiger partial charge in [0.2, 0.25) is 11.8 Å². The Morgan fingerprint density at radius 1 is 0.816 bits per heavy atom. The number of esters is 2. The molecule has 2 fully saturated rings. The van der Waals surface area contributed by atoms with Crippen LogP contribution in [-0.4, -0.2) is 54.0 Å². The highest BCUT2D eigenvalue weighted by Crippen LogP contribution is 2.52. The predicted molar refractivity (Wildman–Crippen MR) is 192 cm³/mol. The maximum absolute atomic E-state index is 12.3. The second-order valence-electron chi connectivity index (χ2n) is 15.3. The van der Waals surface area contributed by atoms with Gasteiger partial charge in [-0.05, 0) is 99.5 Å². The number of amides is 2. The number of allylic oxidation sites excluding steroid dienone is 2. The number of carbonyl (C=O) groups is 4. The largest absolute Gasteiger partial charge is 0.482 e. The van der Waals surface area contributed by atoms with Crippen LogP contribution in [0.25, 0.3) is 0 Å². The lowest BCUT2D eigenvalue weighted by atomic mass is 9.85. The van der Waals surface area contributed by atoms with Crippen molar-refractivity contribution < 1.29 is 33.4 Å². The number of carbonyl (C=O) groups excluding carboxylic acids is 4. The Kier molecular flexibility index (Phi) is 14.6. The molecule has 4 unspecified atom stereocenters. The first-order valence-electron chi connectivity index (χ1n) is 17.8. The molecule has 2 aromatic rings. The van der Waals surface area contributed by atoms with Crippen LogP contribution >= 0.6 is 0 Å². The van der Waals surface area contributed by atoms with E-state index in [1.807, 2.05) is 19.9 Å². The van der Waals surface area contributed by atoms with E-state index in [9.17, 15) is 19.2 Å². The molecule has 49 heavy (non-hydrogen) atoms. The van der Waals surface area contributed by atoms with Crippen LogP contribution in [0, 0.1) is 35.5 Å². The lowest BCUT2D eigenvalue weighted by molar-refractivity contribution is -0.157. The number of likely N-dealkylation sites (tertiary alicyclic amines) is 1. The van der Waals surface area contributed by atoms with Gasteiger partial charge >= 0.3 is 11.9 Å². The maximum atomic E-state index is 12.3. The minimum absolute atomic E-state index is 0.0217. The van der Waals surface area contributed by atoms with Crippen LogP contribution in [-0.2, 0) is 23.9 Å². The van der Waals surface area contributed by atoms with Crippen LogP contribution in [0.5, 0.6) is 5.75 Å². The monoisotopic (exact) mass is 675 g/mol. The Bertz CT molecular complexity index is 1380. The Morgan fingerprint density at radius 3 is 1.86 bits per heavy atom. The summed E-state index contributed by atoms with van der Waals surface area (Å²) in [5.74, 6) is 2.11. The summed E-state index contributed by atoms with van der Waals surface area (Å²) < 4.78 is 15.6. The van der Waals surface area contributed by atoms with Gasteiger partial charge in [-0.3, -0.25) is 14.5 Å². The van der Waals surface area contributed by atoms with Crippen molar-refractivity contribution in [2.45, 2.75) is 93.1 Å². The topological polar surface area (TPSA) is 99.2 Å². The van der Waals surface area contributed by atoms with Crippen molar-refractivity contribution in [2.24, 2.45) is 35.5 Å². The smallest absolute Gasteiger partial charge is 0.344 e. The Labute approximate surface area is 293 Å². The summed E-state index contributed by atoms with van der Waals surface area (Å²) in [6, 6.07) is 17.0. The standard InChI is InChI=1S/C17H24O5.C15H21NO2.C9H12/c1-12(2)10-21-16(19)13-6-8-14(9-7-13)20-11-15(18)22-17(3,4)5;1-9(2)4-3-7-16-14(17)12-10-5-6-11(8-10)13(12)15(16)18;1-8(2)9-6-4-3-5-7-9/h6-9,12H,10-11H2,1-5H3;5-6,9-13H,3-4,7-8H2,1-2H3;3-8H,1-2H3. The number of hydrogen-bond acceptors (Lipinski definition) is 7. The quantitative estimate of drug-likeness (QED) is 0.134. The summed E-state index contributed by atoms with van der Waals surface area (Å²) in [5, 5.41) is 0. The summed E-state index contributed by atoms with van der Waals surface area (Å²) in [7, 11) is 0. The molecule has 8 heteroatoms. The van der Waals surface area contributed by atoms with E-state index in [-0.39, 0.29) is 36.2 Å². The van der Waals surface area contributed by atoms with Crippen molar-refractivity contribution in [3.63, 3.8) is 0 Å². The maximum Gasteiger partial charge on any atom is 0.344 e. The number of imide groups is 1. The molecule has 268 valence electrons. The lowest BCUT2D eigenvalue weighted by Crippen LogP contribution is -2.33. The molecular formula is C41H57NO7. The van der Waals surface area contributed by atoms with E-state index in [1.54, 1.807) is 49.9 Å². The number of ether oxygens (including phenoxy) is 3. The third-order valence-corrected chi connectivity index (χ3v) is 8.61. The number of rotatable bonds is 11. The molecule has 2 amide bonds. The second kappa shape index (κ2) is 18.2. The van der Waals surface area contributed by atoms with E-state index < -0.39 is 11.6 Å². The normalized spacial score (nSPS) is 20.5. The van der Waals surface area contributed by atoms with Crippen molar-refractivity contribution >= 4 is 23.8 Å². The molecule has 1 aliphatic heterocycles. The van der Waals surface area contributed by atoms with Gasteiger partial charge in [0.25, 0.3) is 0 Å². The first-order chi connectivity index (χ1) is 23.1. The molecule has 5 rings (SSSR count). The highest BCUT2D eigenvalue weighted by atomic mass is 16.6. The van der Waals surface area contributed by atoms with Gasteiger partial charge in [-0.15, -0.1) is 0 Å². The van der Waals surface area contributed by atoms with Crippen LogP contribution in [0.1, 0.15) is 103 Å². The predicted octanol–water partition coefficient (Wildman–Crippen LogP) is 8.26. The fourth-order valence-corrected chi connectivity index (χ4v) is 6.21. The summed E-state index contributed by atoms with van der Waals surface area (Å²) in [6.45, 7) is 18.9. The Balaban J connectivity index is 0.000000215. The fraction of sp³-hybridized carbons (Fsp3) is 0.561. The summed E-state index contributed by atoms with van der Waals surface area (Å²) >= 11 is 0. The van der Waals surface area contributed by atoms with Crippen LogP contribution in [0.4, 0.5) is 0 Å².